The molecule has 0 atom stereocenters. The topological polar surface area (TPSA) is 104 Å². The van der Waals surface area contributed by atoms with Crippen LogP contribution in [-0.4, -0.2) is 77.6 Å². The number of carbonyl (C=O) groups excluding carboxylic acids is 4. The van der Waals surface area contributed by atoms with Crippen molar-refractivity contribution in [2.24, 2.45) is 11.7 Å². The lowest BCUT2D eigenvalue weighted by atomic mass is 9.96. The third-order valence-electron chi connectivity index (χ3n) is 6.36. The molecule has 2 heterocycles. The number of hydrogen-bond acceptors (Lipinski definition) is 4. The van der Waals surface area contributed by atoms with Crippen molar-refractivity contribution in [1.29, 1.82) is 0 Å². The van der Waals surface area contributed by atoms with Crippen molar-refractivity contribution in [2.45, 2.75) is 32.6 Å². The first-order valence-electron chi connectivity index (χ1n) is 11.3. The average Bonchev–Trinajstić information content (AvgIpc) is 2.99. The van der Waals surface area contributed by atoms with Crippen LogP contribution >= 0.6 is 11.6 Å². The van der Waals surface area contributed by atoms with E-state index in [1.165, 1.54) is 6.08 Å². The second-order valence-corrected chi connectivity index (χ2v) is 9.01. The fourth-order valence-corrected chi connectivity index (χ4v) is 4.30. The molecule has 1 aromatic carbocycles. The lowest BCUT2D eigenvalue weighted by Crippen LogP contribution is -2.43. The molecule has 2 N–H and O–H groups in total. The Kier molecular flexibility index (Phi) is 8.49. The van der Waals surface area contributed by atoms with Gasteiger partial charge in [0.15, 0.2) is 0 Å². The lowest BCUT2D eigenvalue weighted by molar-refractivity contribution is -0.136. The molecule has 0 saturated carbocycles. The van der Waals surface area contributed by atoms with Gasteiger partial charge in [-0.25, -0.2) is 0 Å². The molecule has 178 valence electrons. The molecule has 2 aliphatic heterocycles. The van der Waals surface area contributed by atoms with E-state index in [2.05, 4.69) is 0 Å². The number of benzene rings is 1. The van der Waals surface area contributed by atoms with Crippen molar-refractivity contribution in [1.82, 2.24) is 14.7 Å². The van der Waals surface area contributed by atoms with E-state index in [1.807, 2.05) is 25.1 Å². The molecule has 2 saturated heterocycles. The van der Waals surface area contributed by atoms with Crippen molar-refractivity contribution < 1.29 is 19.2 Å². The quantitative estimate of drug-likeness (QED) is 0.635. The number of nitrogens with zero attached hydrogens (tertiary/aromatic N) is 3. The lowest BCUT2D eigenvalue weighted by Gasteiger charge is -2.31. The van der Waals surface area contributed by atoms with Gasteiger partial charge >= 0.3 is 0 Å². The second kappa shape index (κ2) is 11.3. The van der Waals surface area contributed by atoms with Gasteiger partial charge in [0, 0.05) is 69.1 Å². The molecule has 33 heavy (non-hydrogen) atoms. The zero-order valence-electron chi connectivity index (χ0n) is 19.0. The van der Waals surface area contributed by atoms with E-state index in [-0.39, 0.29) is 42.4 Å². The predicted molar refractivity (Wildman–Crippen MR) is 126 cm³/mol. The maximum absolute atomic E-state index is 12.6. The number of rotatable bonds is 6. The predicted octanol–water partition coefficient (Wildman–Crippen LogP) is 1.84. The maximum atomic E-state index is 12.6. The maximum Gasteiger partial charge on any atom is 0.246 e. The third-order valence-corrected chi connectivity index (χ3v) is 6.77. The van der Waals surface area contributed by atoms with E-state index in [1.54, 1.807) is 20.8 Å². The van der Waals surface area contributed by atoms with Gasteiger partial charge in [-0.3, -0.25) is 19.2 Å². The molecule has 0 aromatic heterocycles. The van der Waals surface area contributed by atoms with Crippen LogP contribution in [0.25, 0.3) is 6.08 Å². The summed E-state index contributed by atoms with van der Waals surface area (Å²) in [7, 11) is 0. The van der Waals surface area contributed by atoms with Gasteiger partial charge in [-0.05, 0) is 43.0 Å². The Hall–Kier alpha value is -2.87. The fraction of sp³-hybridized carbons (Fsp3) is 0.500. The molecule has 0 aliphatic carbocycles. The molecule has 2 aliphatic rings. The smallest absolute Gasteiger partial charge is 0.246 e. The van der Waals surface area contributed by atoms with Crippen molar-refractivity contribution >= 4 is 41.3 Å². The van der Waals surface area contributed by atoms with E-state index in [9.17, 15) is 19.2 Å². The minimum atomic E-state index is -0.311. The molecule has 0 radical (unpaired) electrons. The van der Waals surface area contributed by atoms with Crippen LogP contribution in [0.5, 0.6) is 0 Å². The van der Waals surface area contributed by atoms with E-state index >= 15 is 0 Å². The molecule has 4 amide bonds. The van der Waals surface area contributed by atoms with E-state index in [0.29, 0.717) is 57.1 Å². The summed E-state index contributed by atoms with van der Waals surface area (Å²) >= 11 is 6.13. The Bertz CT molecular complexity index is 940. The second-order valence-electron chi connectivity index (χ2n) is 8.61. The van der Waals surface area contributed by atoms with Crippen LogP contribution in [0.1, 0.15) is 36.8 Å². The first-order chi connectivity index (χ1) is 15.7. The summed E-state index contributed by atoms with van der Waals surface area (Å²) in [5.41, 5.74) is 7.15. The molecule has 1 aromatic rings. The summed E-state index contributed by atoms with van der Waals surface area (Å²) in [6.07, 6.45) is 4.86. The summed E-state index contributed by atoms with van der Waals surface area (Å²) in [4.78, 5) is 54.0. The molecular weight excluding hydrogens is 444 g/mol. The molecule has 3 rings (SSSR count). The number of amides is 4. The van der Waals surface area contributed by atoms with Gasteiger partial charge < -0.3 is 20.4 Å². The minimum absolute atomic E-state index is 0.0254. The van der Waals surface area contributed by atoms with Crippen molar-refractivity contribution in [3.63, 3.8) is 0 Å². The van der Waals surface area contributed by atoms with Crippen molar-refractivity contribution in [3.8, 4) is 0 Å². The van der Waals surface area contributed by atoms with Crippen molar-refractivity contribution in [2.75, 3.05) is 39.3 Å². The Balaban J connectivity index is 1.47. The summed E-state index contributed by atoms with van der Waals surface area (Å²) in [5.74, 6) is -0.715. The van der Waals surface area contributed by atoms with Gasteiger partial charge in [0.25, 0.3) is 0 Å². The molecule has 2 fully saturated rings. The van der Waals surface area contributed by atoms with E-state index < -0.39 is 0 Å². The summed E-state index contributed by atoms with van der Waals surface area (Å²) < 4.78 is 0. The van der Waals surface area contributed by atoms with Crippen LogP contribution in [-0.2, 0) is 19.2 Å². The van der Waals surface area contributed by atoms with Crippen LogP contribution in [0.4, 0.5) is 0 Å². The van der Waals surface area contributed by atoms with E-state index in [4.69, 9.17) is 17.3 Å². The monoisotopic (exact) mass is 474 g/mol. The number of piperidine rings is 1. The Morgan fingerprint density at radius 2 is 1.82 bits per heavy atom. The summed E-state index contributed by atoms with van der Waals surface area (Å²) in [6.45, 7) is 4.44. The Morgan fingerprint density at radius 3 is 2.48 bits per heavy atom. The first kappa shape index (κ1) is 24.8. The molecular formula is C24H31ClN4O4. The van der Waals surface area contributed by atoms with Crippen LogP contribution in [0.15, 0.2) is 24.3 Å². The normalized spacial score (nSPS) is 18.0. The highest BCUT2D eigenvalue weighted by Crippen LogP contribution is 2.19. The third kappa shape index (κ3) is 6.81. The number of aryl methyl sites for hydroxylation is 1. The number of likely N-dealkylation sites (tertiary alicyclic amines) is 1. The average molecular weight is 475 g/mol. The van der Waals surface area contributed by atoms with Gasteiger partial charge in [0.05, 0.1) is 0 Å². The number of carbonyl (C=O) groups is 4. The summed E-state index contributed by atoms with van der Waals surface area (Å²) in [5, 5.41) is 0.646. The standard InChI is InChI=1S/C24H31ClN4O4/c1-17-2-3-18(16-20(17)25)4-5-21(30)28-12-9-23(32)29(15-14-28)13-8-22(31)27-10-6-19(7-11-27)24(26)33/h2-5,16,19H,6-15H2,1H3,(H2,26,33). The zero-order chi connectivity index (χ0) is 24.0. The van der Waals surface area contributed by atoms with Crippen LogP contribution in [0.2, 0.25) is 5.02 Å². The number of halogens is 1. The molecule has 9 heteroatoms. The highest BCUT2D eigenvalue weighted by molar-refractivity contribution is 6.31. The van der Waals surface area contributed by atoms with E-state index in [0.717, 1.165) is 11.1 Å². The molecule has 0 bridgehead atoms. The number of hydrogen-bond donors (Lipinski definition) is 1. The zero-order valence-corrected chi connectivity index (χ0v) is 19.7. The van der Waals surface area contributed by atoms with Crippen molar-refractivity contribution in [3.05, 3.63) is 40.4 Å². The molecule has 0 unspecified atom stereocenters. The van der Waals surface area contributed by atoms with Gasteiger partial charge in [0.1, 0.15) is 0 Å². The molecule has 8 nitrogen and oxygen atoms in total. The number of nitrogens with two attached hydrogens (primary N) is 1. The van der Waals surface area contributed by atoms with Crippen LogP contribution < -0.4 is 5.73 Å². The fourth-order valence-electron chi connectivity index (χ4n) is 4.11. The Morgan fingerprint density at radius 1 is 1.09 bits per heavy atom. The van der Waals surface area contributed by atoms with Crippen LogP contribution in [0.3, 0.4) is 0 Å². The van der Waals surface area contributed by atoms with Gasteiger partial charge in [-0.2, -0.15) is 0 Å². The van der Waals surface area contributed by atoms with Gasteiger partial charge in [-0.1, -0.05) is 23.7 Å². The minimum Gasteiger partial charge on any atom is -0.369 e. The first-order valence-corrected chi connectivity index (χ1v) is 11.7. The van der Waals surface area contributed by atoms with Crippen LogP contribution in [0, 0.1) is 12.8 Å². The molecule has 0 spiro atoms. The highest BCUT2D eigenvalue weighted by Gasteiger charge is 2.27. The number of primary amides is 1. The highest BCUT2D eigenvalue weighted by atomic mass is 35.5. The summed E-state index contributed by atoms with van der Waals surface area (Å²) in [6, 6.07) is 5.60. The Labute approximate surface area is 199 Å². The van der Waals surface area contributed by atoms with Gasteiger partial charge in [-0.15, -0.1) is 0 Å². The largest absolute Gasteiger partial charge is 0.369 e. The SMILES string of the molecule is Cc1ccc(C=CC(=O)N2CCC(=O)N(CCC(=O)N3CCC(C(N)=O)CC3)CC2)cc1Cl. The van der Waals surface area contributed by atoms with Gasteiger partial charge in [0.2, 0.25) is 23.6 Å².